The Labute approximate surface area is 84.4 Å². The minimum Gasteiger partial charge on any atom is -0.298 e. The van der Waals surface area contributed by atoms with E-state index in [2.05, 4.69) is 36.3 Å². The van der Waals surface area contributed by atoms with Gasteiger partial charge in [-0.3, -0.25) is 4.90 Å². The van der Waals surface area contributed by atoms with Crippen molar-refractivity contribution in [2.24, 2.45) is 11.8 Å². The van der Waals surface area contributed by atoms with E-state index in [9.17, 15) is 0 Å². The molecule has 2 heterocycles. The van der Waals surface area contributed by atoms with Gasteiger partial charge in [-0.2, -0.15) is 0 Å². The zero-order valence-corrected chi connectivity index (χ0v) is 9.18. The molecular weight excluding hydrogens is 178 g/mol. The molecule has 1 aromatic rings. The average molecular weight is 195 g/mol. The van der Waals surface area contributed by atoms with Crippen LogP contribution in [0.5, 0.6) is 0 Å². The maximum absolute atomic E-state index is 2.57. The Kier molecular flexibility index (Phi) is 2.70. The first-order chi connectivity index (χ1) is 6.25. The molecule has 0 radical (unpaired) electrons. The molecule has 1 aliphatic rings. The Hall–Kier alpha value is -0.340. The van der Waals surface area contributed by atoms with Crippen molar-refractivity contribution >= 4 is 11.3 Å². The summed E-state index contributed by atoms with van der Waals surface area (Å²) < 4.78 is 0. The molecule has 72 valence electrons. The van der Waals surface area contributed by atoms with Crippen molar-refractivity contribution in [3.8, 4) is 0 Å². The summed E-state index contributed by atoms with van der Waals surface area (Å²) in [6, 6.07) is 4.38. The molecule has 2 atom stereocenters. The molecule has 1 aromatic heterocycles. The third-order valence-electron chi connectivity index (χ3n) is 3.02. The van der Waals surface area contributed by atoms with Crippen LogP contribution in [0.15, 0.2) is 17.5 Å². The lowest BCUT2D eigenvalue weighted by Gasteiger charge is -2.13. The van der Waals surface area contributed by atoms with E-state index in [1.165, 1.54) is 18.0 Å². The Morgan fingerprint density at radius 3 is 2.62 bits per heavy atom. The zero-order chi connectivity index (χ0) is 9.26. The Morgan fingerprint density at radius 1 is 1.38 bits per heavy atom. The van der Waals surface area contributed by atoms with E-state index < -0.39 is 0 Å². The second-order valence-electron chi connectivity index (χ2n) is 4.23. The summed E-state index contributed by atoms with van der Waals surface area (Å²) in [6.45, 7) is 8.43. The van der Waals surface area contributed by atoms with Crippen LogP contribution in [0.3, 0.4) is 0 Å². The molecule has 1 fully saturated rings. The van der Waals surface area contributed by atoms with Crippen molar-refractivity contribution in [2.75, 3.05) is 13.1 Å². The predicted molar refractivity (Wildman–Crippen MR) is 57.9 cm³/mol. The number of hydrogen-bond acceptors (Lipinski definition) is 2. The summed E-state index contributed by atoms with van der Waals surface area (Å²) in [4.78, 5) is 4.07. The zero-order valence-electron chi connectivity index (χ0n) is 8.36. The summed E-state index contributed by atoms with van der Waals surface area (Å²) in [5, 5.41) is 2.16. The largest absolute Gasteiger partial charge is 0.298 e. The number of likely N-dealkylation sites (tertiary alicyclic amines) is 1. The quantitative estimate of drug-likeness (QED) is 0.701. The number of rotatable bonds is 2. The monoisotopic (exact) mass is 195 g/mol. The lowest BCUT2D eigenvalue weighted by atomic mass is 10.0. The maximum Gasteiger partial charge on any atom is 0.0328 e. The van der Waals surface area contributed by atoms with Crippen LogP contribution < -0.4 is 0 Å². The molecule has 13 heavy (non-hydrogen) atoms. The van der Waals surface area contributed by atoms with Gasteiger partial charge in [0.2, 0.25) is 0 Å². The summed E-state index contributed by atoms with van der Waals surface area (Å²) in [5.74, 6) is 1.75. The van der Waals surface area contributed by atoms with Crippen LogP contribution >= 0.6 is 11.3 Å². The van der Waals surface area contributed by atoms with Gasteiger partial charge in [-0.15, -0.1) is 11.3 Å². The van der Waals surface area contributed by atoms with Crippen LogP contribution in [0.25, 0.3) is 0 Å². The number of hydrogen-bond donors (Lipinski definition) is 0. The van der Waals surface area contributed by atoms with Crippen molar-refractivity contribution in [1.29, 1.82) is 0 Å². The summed E-state index contributed by atoms with van der Waals surface area (Å²) >= 11 is 1.87. The third kappa shape index (κ3) is 2.12. The van der Waals surface area contributed by atoms with Gasteiger partial charge in [-0.05, 0) is 23.3 Å². The summed E-state index contributed by atoms with van der Waals surface area (Å²) in [6.07, 6.45) is 0. The van der Waals surface area contributed by atoms with Gasteiger partial charge >= 0.3 is 0 Å². The van der Waals surface area contributed by atoms with Crippen molar-refractivity contribution in [2.45, 2.75) is 20.4 Å². The molecule has 1 nitrogen and oxygen atoms in total. The highest BCUT2D eigenvalue weighted by Crippen LogP contribution is 2.24. The first-order valence-corrected chi connectivity index (χ1v) is 5.88. The lowest BCUT2D eigenvalue weighted by Crippen LogP contribution is -2.19. The fraction of sp³-hybridized carbons (Fsp3) is 0.636. The molecule has 2 unspecified atom stereocenters. The number of nitrogens with zero attached hydrogens (tertiary/aromatic N) is 1. The molecule has 0 saturated carbocycles. The number of thiophene rings is 1. The molecule has 1 aliphatic heterocycles. The van der Waals surface area contributed by atoms with Gasteiger partial charge in [0.25, 0.3) is 0 Å². The van der Waals surface area contributed by atoms with Gasteiger partial charge in [0.05, 0.1) is 0 Å². The first-order valence-electron chi connectivity index (χ1n) is 5.00. The smallest absolute Gasteiger partial charge is 0.0328 e. The van der Waals surface area contributed by atoms with Gasteiger partial charge in [-0.25, -0.2) is 0 Å². The molecule has 0 spiro atoms. The van der Waals surface area contributed by atoms with Crippen molar-refractivity contribution in [3.05, 3.63) is 22.4 Å². The van der Waals surface area contributed by atoms with Crippen LogP contribution in [0.2, 0.25) is 0 Å². The van der Waals surface area contributed by atoms with Gasteiger partial charge < -0.3 is 0 Å². The molecule has 0 bridgehead atoms. The van der Waals surface area contributed by atoms with Crippen molar-refractivity contribution in [3.63, 3.8) is 0 Å². The Morgan fingerprint density at radius 2 is 2.08 bits per heavy atom. The summed E-state index contributed by atoms with van der Waals surface area (Å²) in [7, 11) is 0. The van der Waals surface area contributed by atoms with E-state index >= 15 is 0 Å². The van der Waals surface area contributed by atoms with E-state index in [0.29, 0.717) is 0 Å². The molecular formula is C11H17NS. The standard InChI is InChI=1S/C11H17NS/c1-9-6-12(7-10(9)2)8-11-4-3-5-13-11/h3-5,9-10H,6-8H2,1-2H3. The molecule has 0 aromatic carbocycles. The molecule has 0 aliphatic carbocycles. The third-order valence-corrected chi connectivity index (χ3v) is 3.88. The highest BCUT2D eigenvalue weighted by atomic mass is 32.1. The van der Waals surface area contributed by atoms with Crippen molar-refractivity contribution in [1.82, 2.24) is 4.90 Å². The lowest BCUT2D eigenvalue weighted by molar-refractivity contribution is 0.319. The van der Waals surface area contributed by atoms with E-state index in [1.54, 1.807) is 0 Å². The van der Waals surface area contributed by atoms with Gasteiger partial charge in [0, 0.05) is 24.5 Å². The minimum atomic E-state index is 0.875. The molecule has 2 rings (SSSR count). The second kappa shape index (κ2) is 3.81. The predicted octanol–water partition coefficient (Wildman–Crippen LogP) is 2.84. The van der Waals surface area contributed by atoms with E-state index in [0.717, 1.165) is 18.4 Å². The first kappa shape index (κ1) is 9.22. The summed E-state index contributed by atoms with van der Waals surface area (Å²) in [5.41, 5.74) is 0. The highest BCUT2D eigenvalue weighted by Gasteiger charge is 2.25. The van der Waals surface area contributed by atoms with Gasteiger partial charge in [-0.1, -0.05) is 19.9 Å². The molecule has 1 saturated heterocycles. The van der Waals surface area contributed by atoms with E-state index in [4.69, 9.17) is 0 Å². The van der Waals surface area contributed by atoms with E-state index in [1.807, 2.05) is 11.3 Å². The van der Waals surface area contributed by atoms with Crippen LogP contribution in [-0.2, 0) is 6.54 Å². The Balaban J connectivity index is 1.91. The van der Waals surface area contributed by atoms with Crippen LogP contribution in [0, 0.1) is 11.8 Å². The van der Waals surface area contributed by atoms with Gasteiger partial charge in [0.1, 0.15) is 0 Å². The van der Waals surface area contributed by atoms with Gasteiger partial charge in [0.15, 0.2) is 0 Å². The molecule has 2 heteroatoms. The SMILES string of the molecule is CC1CN(Cc2cccs2)CC1C. The average Bonchev–Trinajstić information content (AvgIpc) is 2.64. The molecule has 0 amide bonds. The minimum absolute atomic E-state index is 0.875. The van der Waals surface area contributed by atoms with E-state index in [-0.39, 0.29) is 0 Å². The fourth-order valence-corrected chi connectivity index (χ4v) is 2.75. The highest BCUT2D eigenvalue weighted by molar-refractivity contribution is 7.09. The fourth-order valence-electron chi connectivity index (χ4n) is 2.00. The van der Waals surface area contributed by atoms with Crippen LogP contribution in [0.4, 0.5) is 0 Å². The normalized spacial score (nSPS) is 29.7. The van der Waals surface area contributed by atoms with Crippen LogP contribution in [0.1, 0.15) is 18.7 Å². The molecule has 0 N–H and O–H groups in total. The topological polar surface area (TPSA) is 3.24 Å². The second-order valence-corrected chi connectivity index (χ2v) is 5.26. The maximum atomic E-state index is 2.57. The van der Waals surface area contributed by atoms with Crippen molar-refractivity contribution < 1.29 is 0 Å². The van der Waals surface area contributed by atoms with Crippen LogP contribution in [-0.4, -0.2) is 18.0 Å². The Bertz CT molecular complexity index is 245.